The first-order chi connectivity index (χ1) is 12.2. The Morgan fingerprint density at radius 2 is 1.19 bits per heavy atom. The van der Waals surface area contributed by atoms with E-state index in [-0.39, 0.29) is 7.25 Å². The van der Waals surface area contributed by atoms with Crippen molar-refractivity contribution in [2.75, 3.05) is 0 Å². The topological polar surface area (TPSA) is 0 Å². The normalized spacial score (nSPS) is 22.3. The van der Waals surface area contributed by atoms with Gasteiger partial charge in [0.25, 0.3) is 0 Å². The van der Waals surface area contributed by atoms with Crippen molar-refractivity contribution in [1.82, 2.24) is 0 Å². The molecule has 2 aromatic carbocycles. The number of hydrogen-bond donors (Lipinski definition) is 0. The molecular weight excluding hydrogens is 501 g/mol. The summed E-state index contributed by atoms with van der Waals surface area (Å²) in [7, 11) is 15.5. The van der Waals surface area contributed by atoms with E-state index >= 15 is 0 Å². The standard InChI is InChI=1S/2C9H6Cl.C2H7Si.2ClH.Zr/c2*10-9-5-4-7-2-1-3-8(7)6-9;1-3-2;;;/h2*1-6H;3H,1-2H3;2*1H;/q;;;;;+2/p-2. The Morgan fingerprint density at radius 3 is 1.58 bits per heavy atom. The molecule has 0 heterocycles. The first kappa shape index (κ1) is 19.5. The number of allylic oxidation sites excluding steroid dienone is 2. The van der Waals surface area contributed by atoms with E-state index in [1.54, 1.807) is 0 Å². The van der Waals surface area contributed by atoms with Crippen molar-refractivity contribution in [3.8, 4) is 0 Å². The Bertz CT molecular complexity index is 893. The van der Waals surface area contributed by atoms with Gasteiger partial charge < -0.3 is 0 Å². The van der Waals surface area contributed by atoms with Crippen molar-refractivity contribution in [3.05, 3.63) is 80.8 Å². The summed E-state index contributed by atoms with van der Waals surface area (Å²) in [4.78, 5) is 0. The molecule has 0 N–H and O–H groups in total. The van der Waals surface area contributed by atoms with Crippen molar-refractivity contribution in [1.29, 1.82) is 0 Å². The molecule has 135 valence electrons. The van der Waals surface area contributed by atoms with Crippen molar-refractivity contribution in [2.45, 2.75) is 20.3 Å². The molecule has 2 atom stereocenters. The summed E-state index contributed by atoms with van der Waals surface area (Å²) in [5.41, 5.74) is 4.78. The Kier molecular flexibility index (Phi) is 4.96. The van der Waals surface area contributed by atoms with Gasteiger partial charge in [0.15, 0.2) is 0 Å². The zero-order chi connectivity index (χ0) is 18.7. The summed E-state index contributed by atoms with van der Waals surface area (Å²) in [5, 5.41) is 1.49. The minimum absolute atomic E-state index is 0.120. The van der Waals surface area contributed by atoms with E-state index in [2.05, 4.69) is 49.5 Å². The van der Waals surface area contributed by atoms with Gasteiger partial charge in [-0.15, -0.1) is 0 Å². The average Bonchev–Trinajstić information content (AvgIpc) is 3.18. The molecular formula is C20H19Cl4SiZr. The van der Waals surface area contributed by atoms with Crippen LogP contribution in [0.25, 0.3) is 12.2 Å². The molecule has 6 heteroatoms. The summed E-state index contributed by atoms with van der Waals surface area (Å²) in [6.45, 7) is 4.63. The third-order valence-electron chi connectivity index (χ3n) is 6.00. The Balaban J connectivity index is 1.90. The molecule has 2 unspecified atom stereocenters. The zero-order valence-corrected chi connectivity index (χ0v) is 21.2. The van der Waals surface area contributed by atoms with Crippen LogP contribution in [0.3, 0.4) is 0 Å². The van der Waals surface area contributed by atoms with Crippen LogP contribution in [0.5, 0.6) is 0 Å². The van der Waals surface area contributed by atoms with Gasteiger partial charge in [-0.05, 0) is 0 Å². The predicted molar refractivity (Wildman–Crippen MR) is 117 cm³/mol. The van der Waals surface area contributed by atoms with Crippen LogP contribution in [0, 0.1) is 0 Å². The fourth-order valence-electron chi connectivity index (χ4n) is 4.43. The number of rotatable bonds is 3. The van der Waals surface area contributed by atoms with Crippen LogP contribution in [0.15, 0.2) is 48.6 Å². The average molecular weight is 520 g/mol. The van der Waals surface area contributed by atoms with Gasteiger partial charge in [0, 0.05) is 0 Å². The third kappa shape index (κ3) is 2.79. The van der Waals surface area contributed by atoms with Gasteiger partial charge in [-0.25, -0.2) is 0 Å². The fourth-order valence-corrected chi connectivity index (χ4v) is 32.2. The zero-order valence-electron chi connectivity index (χ0n) is 14.5. The molecule has 0 spiro atoms. The third-order valence-corrected chi connectivity index (χ3v) is 58.6. The molecule has 0 bridgehead atoms. The van der Waals surface area contributed by atoms with Gasteiger partial charge in [0.1, 0.15) is 0 Å². The van der Waals surface area contributed by atoms with Crippen LogP contribution >= 0.6 is 40.2 Å². The molecule has 0 radical (unpaired) electrons. The fraction of sp³-hybridized carbons (Fsp3) is 0.200. The second-order valence-electron chi connectivity index (χ2n) is 7.60. The van der Waals surface area contributed by atoms with Crippen LogP contribution in [0.1, 0.15) is 29.5 Å². The van der Waals surface area contributed by atoms with E-state index in [0.29, 0.717) is 0 Å². The minimum atomic E-state index is -4.30. The van der Waals surface area contributed by atoms with Crippen molar-refractivity contribution in [3.63, 3.8) is 0 Å². The van der Waals surface area contributed by atoms with Gasteiger partial charge in [-0.3, -0.25) is 0 Å². The molecule has 0 saturated carbocycles. The Hall–Kier alpha value is 0.180. The van der Waals surface area contributed by atoms with E-state index in [1.807, 2.05) is 24.3 Å². The Labute approximate surface area is 173 Å². The van der Waals surface area contributed by atoms with Crippen LogP contribution < -0.4 is 0 Å². The van der Waals surface area contributed by atoms with E-state index in [9.17, 15) is 0 Å². The maximum absolute atomic E-state index is 7.75. The predicted octanol–water partition coefficient (Wildman–Crippen LogP) is 7.81. The van der Waals surface area contributed by atoms with Crippen molar-refractivity contribution >= 4 is 58.3 Å². The number of halogens is 4. The summed E-state index contributed by atoms with van der Waals surface area (Å²) in [6, 6.07) is 12.1. The van der Waals surface area contributed by atoms with E-state index < -0.39 is 21.5 Å². The van der Waals surface area contributed by atoms with E-state index in [0.717, 1.165) is 21.2 Å². The number of fused-ring (bicyclic) bond motifs is 2. The van der Waals surface area contributed by atoms with Gasteiger partial charge in [0.2, 0.25) is 0 Å². The summed E-state index contributed by atoms with van der Waals surface area (Å²) in [6.07, 6.45) is 8.76. The molecule has 4 rings (SSSR count). The van der Waals surface area contributed by atoms with Crippen LogP contribution in [0.2, 0.25) is 23.1 Å². The molecule has 2 aromatic rings. The van der Waals surface area contributed by atoms with Gasteiger partial charge in [-0.2, -0.15) is 0 Å². The quantitative estimate of drug-likeness (QED) is 0.362. The number of hydrogen-bond acceptors (Lipinski definition) is 0. The summed E-state index contributed by atoms with van der Waals surface area (Å²) in [5.74, 6) is -1.39. The molecule has 0 nitrogen and oxygen atoms in total. The maximum atomic E-state index is 7.75. The molecule has 0 amide bonds. The van der Waals surface area contributed by atoms with E-state index in [4.69, 9.17) is 40.2 Å². The van der Waals surface area contributed by atoms with Gasteiger partial charge >= 0.3 is 175 Å². The monoisotopic (exact) mass is 517 g/mol. The van der Waals surface area contributed by atoms with Crippen molar-refractivity contribution < 1.29 is 15.6 Å². The van der Waals surface area contributed by atoms with Crippen LogP contribution in [-0.2, 0) is 15.6 Å². The molecule has 0 aromatic heterocycles. The molecule has 26 heavy (non-hydrogen) atoms. The molecule has 0 saturated heterocycles. The second kappa shape index (κ2) is 6.61. The van der Waals surface area contributed by atoms with Crippen LogP contribution in [-0.4, -0.2) is 5.92 Å². The summed E-state index contributed by atoms with van der Waals surface area (Å²) >= 11 is 8.09. The Morgan fingerprint density at radius 1 is 0.769 bits per heavy atom. The second-order valence-corrected chi connectivity index (χ2v) is 51.2. The van der Waals surface area contributed by atoms with E-state index in [1.165, 1.54) is 11.1 Å². The molecule has 0 aliphatic heterocycles. The summed E-state index contributed by atoms with van der Waals surface area (Å²) < 4.78 is 0.241. The van der Waals surface area contributed by atoms with Crippen LogP contribution in [0.4, 0.5) is 0 Å². The number of benzene rings is 2. The molecule has 0 fully saturated rings. The SMILES string of the molecule is C[SiH](C)[Zr]([Cl])([Cl])([CH]1C=Cc2cc(Cl)ccc21)[CH]1C=Cc2cc(Cl)ccc21. The van der Waals surface area contributed by atoms with Gasteiger partial charge in [-0.1, -0.05) is 0 Å². The first-order valence-electron chi connectivity index (χ1n) is 8.74. The first-order valence-corrected chi connectivity index (χ1v) is 25.8. The van der Waals surface area contributed by atoms with Crippen molar-refractivity contribution in [2.24, 2.45) is 0 Å². The van der Waals surface area contributed by atoms with Gasteiger partial charge in [0.05, 0.1) is 0 Å². The molecule has 2 aliphatic carbocycles. The molecule has 2 aliphatic rings.